The van der Waals surface area contributed by atoms with Crippen molar-refractivity contribution in [3.05, 3.63) is 51.2 Å². The molecule has 3 rings (SSSR count). The van der Waals surface area contributed by atoms with Crippen LogP contribution in [-0.2, 0) is 4.74 Å². The number of ether oxygens (including phenoxy) is 2. The predicted molar refractivity (Wildman–Crippen MR) is 126 cm³/mol. The molecular weight excluding hydrogens is 448 g/mol. The third kappa shape index (κ3) is 5.65. The highest BCUT2D eigenvalue weighted by Crippen LogP contribution is 2.42. The third-order valence-electron chi connectivity index (χ3n) is 5.54. The number of amides is 1. The summed E-state index contributed by atoms with van der Waals surface area (Å²) in [5, 5.41) is 11.4. The molecule has 0 aliphatic carbocycles. The maximum absolute atomic E-state index is 12.6. The van der Waals surface area contributed by atoms with E-state index in [4.69, 9.17) is 26.8 Å². The second-order valence-electron chi connectivity index (χ2n) is 9.73. The molecule has 1 unspecified atom stereocenters. The molecule has 0 bridgehead atoms. The van der Waals surface area contributed by atoms with Crippen molar-refractivity contribution >= 4 is 29.2 Å². The van der Waals surface area contributed by atoms with Gasteiger partial charge in [-0.05, 0) is 71.1 Å². The van der Waals surface area contributed by atoms with Gasteiger partial charge in [-0.15, -0.1) is 0 Å². The number of nitro groups is 1. The van der Waals surface area contributed by atoms with Gasteiger partial charge >= 0.3 is 11.8 Å². The van der Waals surface area contributed by atoms with Crippen LogP contribution in [0.1, 0.15) is 58.9 Å². The lowest BCUT2D eigenvalue weighted by Crippen LogP contribution is -2.53. The Hall–Kier alpha value is -3.07. The van der Waals surface area contributed by atoms with Gasteiger partial charge in [0.15, 0.2) is 0 Å². The number of pyridine rings is 1. The fraction of sp³-hybridized carbons (Fsp3) is 0.478. The van der Waals surface area contributed by atoms with E-state index in [1.165, 1.54) is 6.20 Å². The molecule has 33 heavy (non-hydrogen) atoms. The van der Waals surface area contributed by atoms with E-state index in [-0.39, 0.29) is 34.1 Å². The minimum atomic E-state index is -0.668. The summed E-state index contributed by atoms with van der Waals surface area (Å²) in [6, 6.07) is 7.31. The summed E-state index contributed by atoms with van der Waals surface area (Å²) in [7, 11) is 0. The number of benzene rings is 1. The zero-order chi connectivity index (χ0) is 24.6. The van der Waals surface area contributed by atoms with Crippen LogP contribution in [0.25, 0.3) is 0 Å². The van der Waals surface area contributed by atoms with Crippen molar-refractivity contribution < 1.29 is 19.2 Å². The first-order valence-electron chi connectivity index (χ1n) is 10.7. The maximum Gasteiger partial charge on any atom is 0.410 e. The molecule has 1 fully saturated rings. The van der Waals surface area contributed by atoms with Crippen molar-refractivity contribution in [2.45, 2.75) is 64.5 Å². The van der Waals surface area contributed by atoms with E-state index >= 15 is 0 Å². The van der Waals surface area contributed by atoms with E-state index in [9.17, 15) is 14.9 Å². The van der Waals surface area contributed by atoms with E-state index in [1.807, 2.05) is 46.8 Å². The number of anilines is 1. The van der Waals surface area contributed by atoms with E-state index in [0.717, 1.165) is 18.4 Å². The molecule has 178 valence electrons. The Bertz CT molecular complexity index is 1050. The monoisotopic (exact) mass is 476 g/mol. The van der Waals surface area contributed by atoms with Crippen molar-refractivity contribution in [3.63, 3.8) is 0 Å². The lowest BCUT2D eigenvalue weighted by atomic mass is 9.79. The number of carbonyl (C=O) groups excluding carboxylic acids is 1. The van der Waals surface area contributed by atoms with Crippen LogP contribution in [-0.4, -0.2) is 38.6 Å². The smallest absolute Gasteiger partial charge is 0.410 e. The van der Waals surface area contributed by atoms with E-state index in [2.05, 4.69) is 4.98 Å². The van der Waals surface area contributed by atoms with Crippen LogP contribution in [0.4, 0.5) is 16.3 Å². The molecule has 2 aromatic rings. The number of nitrogens with two attached hydrogens (primary N) is 1. The Morgan fingerprint density at radius 2 is 1.94 bits per heavy atom. The van der Waals surface area contributed by atoms with Crippen LogP contribution in [0.15, 0.2) is 30.5 Å². The van der Waals surface area contributed by atoms with Crippen LogP contribution in [0.5, 0.6) is 11.5 Å². The second kappa shape index (κ2) is 9.05. The standard InChI is InChI=1S/C23H29ClN4O5/c1-22(2,3)33-21(29)27-11-10-15(12-23(27,4)5)14-6-8-16(9-7-14)32-19-17(24)13-26-20(25)18(19)28(30)31/h6-9,13,15H,10-12H2,1-5H3,(H2,25,26). The third-order valence-corrected chi connectivity index (χ3v) is 5.81. The van der Waals surface area contributed by atoms with Gasteiger partial charge in [-0.25, -0.2) is 9.78 Å². The van der Waals surface area contributed by atoms with Crippen LogP contribution >= 0.6 is 11.6 Å². The van der Waals surface area contributed by atoms with Crippen molar-refractivity contribution in [2.75, 3.05) is 12.3 Å². The summed E-state index contributed by atoms with van der Waals surface area (Å²) < 4.78 is 11.3. The molecule has 0 saturated carbocycles. The average molecular weight is 477 g/mol. The van der Waals surface area contributed by atoms with E-state index < -0.39 is 16.2 Å². The molecule has 1 atom stereocenters. The topological polar surface area (TPSA) is 121 Å². The lowest BCUT2D eigenvalue weighted by Gasteiger charge is -2.45. The fourth-order valence-electron chi connectivity index (χ4n) is 4.02. The Morgan fingerprint density at radius 1 is 1.30 bits per heavy atom. The van der Waals surface area contributed by atoms with Crippen molar-refractivity contribution in [1.29, 1.82) is 0 Å². The molecule has 1 aromatic carbocycles. The molecule has 1 aliphatic heterocycles. The first kappa shape index (κ1) is 24.6. The zero-order valence-electron chi connectivity index (χ0n) is 19.4. The van der Waals surface area contributed by atoms with Gasteiger partial charge < -0.3 is 20.1 Å². The number of likely N-dealkylation sites (tertiary alicyclic amines) is 1. The number of hydrogen-bond donors (Lipinski definition) is 1. The molecular formula is C23H29ClN4O5. The van der Waals surface area contributed by atoms with Gasteiger partial charge in [-0.1, -0.05) is 23.7 Å². The molecule has 1 aromatic heterocycles. The van der Waals surface area contributed by atoms with Crippen LogP contribution < -0.4 is 10.5 Å². The number of piperidine rings is 1. The molecule has 2 N–H and O–H groups in total. The normalized spacial score (nSPS) is 18.0. The first-order chi connectivity index (χ1) is 15.3. The molecule has 1 amide bonds. The van der Waals surface area contributed by atoms with Crippen molar-refractivity contribution in [1.82, 2.24) is 9.88 Å². The fourth-order valence-corrected chi connectivity index (χ4v) is 4.19. The van der Waals surface area contributed by atoms with Gasteiger partial charge in [-0.2, -0.15) is 0 Å². The zero-order valence-corrected chi connectivity index (χ0v) is 20.2. The minimum Gasteiger partial charge on any atom is -0.448 e. The quantitative estimate of drug-likeness (QED) is 0.430. The van der Waals surface area contributed by atoms with Gasteiger partial charge in [0, 0.05) is 12.1 Å². The summed E-state index contributed by atoms with van der Waals surface area (Å²) >= 11 is 6.07. The number of carbonyl (C=O) groups is 1. The number of nitrogen functional groups attached to an aromatic ring is 1. The molecule has 0 spiro atoms. The van der Waals surface area contributed by atoms with Gasteiger partial charge in [0.05, 0.1) is 11.1 Å². The number of nitrogens with zero attached hydrogens (tertiary/aromatic N) is 3. The van der Waals surface area contributed by atoms with E-state index in [0.29, 0.717) is 12.3 Å². The Labute approximate surface area is 198 Å². The summed E-state index contributed by atoms with van der Waals surface area (Å²) in [6.45, 7) is 10.2. The SMILES string of the molecule is CC(C)(C)OC(=O)N1CCC(c2ccc(Oc3c(Cl)cnc(N)c3[N+](=O)[O-])cc2)CC1(C)C. The van der Waals surface area contributed by atoms with Crippen LogP contribution in [0, 0.1) is 10.1 Å². The van der Waals surface area contributed by atoms with Gasteiger partial charge in [0.2, 0.25) is 11.6 Å². The summed E-state index contributed by atoms with van der Waals surface area (Å²) in [5.74, 6) is 0.214. The summed E-state index contributed by atoms with van der Waals surface area (Å²) in [4.78, 5) is 28.8. The van der Waals surface area contributed by atoms with E-state index in [1.54, 1.807) is 17.0 Å². The Kier molecular flexibility index (Phi) is 6.74. The second-order valence-corrected chi connectivity index (χ2v) is 10.1. The molecule has 1 saturated heterocycles. The highest BCUT2D eigenvalue weighted by molar-refractivity contribution is 6.32. The molecule has 9 nitrogen and oxygen atoms in total. The number of halogens is 1. The first-order valence-corrected chi connectivity index (χ1v) is 11.0. The number of hydrogen-bond acceptors (Lipinski definition) is 7. The maximum atomic E-state index is 12.6. The molecule has 10 heteroatoms. The predicted octanol–water partition coefficient (Wildman–Crippen LogP) is 5.91. The van der Waals surface area contributed by atoms with Crippen molar-refractivity contribution in [3.8, 4) is 11.5 Å². The molecule has 1 aliphatic rings. The summed E-state index contributed by atoms with van der Waals surface area (Å²) in [6.07, 6.45) is 2.48. The largest absolute Gasteiger partial charge is 0.448 e. The van der Waals surface area contributed by atoms with Gasteiger partial charge in [0.25, 0.3) is 0 Å². The van der Waals surface area contributed by atoms with Crippen molar-refractivity contribution in [2.24, 2.45) is 0 Å². The highest BCUT2D eigenvalue weighted by atomic mass is 35.5. The molecule has 0 radical (unpaired) electrons. The minimum absolute atomic E-state index is 0.00348. The summed E-state index contributed by atoms with van der Waals surface area (Å²) in [5.41, 5.74) is 5.34. The number of aromatic nitrogens is 1. The highest BCUT2D eigenvalue weighted by Gasteiger charge is 2.40. The lowest BCUT2D eigenvalue weighted by molar-refractivity contribution is -0.384. The average Bonchev–Trinajstić information content (AvgIpc) is 2.69. The van der Waals surface area contributed by atoms with Gasteiger partial charge in [0.1, 0.15) is 16.4 Å². The number of rotatable bonds is 4. The Morgan fingerprint density at radius 3 is 2.48 bits per heavy atom. The van der Waals surface area contributed by atoms with Crippen LogP contribution in [0.2, 0.25) is 5.02 Å². The van der Waals surface area contributed by atoms with Gasteiger partial charge in [-0.3, -0.25) is 10.1 Å². The molecule has 2 heterocycles. The van der Waals surface area contributed by atoms with Crippen LogP contribution in [0.3, 0.4) is 0 Å². The Balaban J connectivity index is 1.74.